The number of nitriles is 1. The molecular formula is C28H27N3O2. The fraction of sp³-hybridized carbons (Fsp3) is 0.250. The fourth-order valence-corrected chi connectivity index (χ4v) is 4.42. The monoisotopic (exact) mass is 437 g/mol. The maximum Gasteiger partial charge on any atom is 0.238 e. The molecule has 1 aliphatic rings. The second-order valence-electron chi connectivity index (χ2n) is 8.45. The Balaban J connectivity index is 1.27. The van der Waals surface area contributed by atoms with Crippen LogP contribution in [0.2, 0.25) is 0 Å². The number of ketones is 1. The first-order valence-corrected chi connectivity index (χ1v) is 11.3. The van der Waals surface area contributed by atoms with Crippen LogP contribution >= 0.6 is 0 Å². The van der Waals surface area contributed by atoms with Crippen LogP contribution in [0.5, 0.6) is 0 Å². The number of benzene rings is 3. The molecule has 0 aliphatic carbocycles. The molecule has 1 atom stereocenters. The van der Waals surface area contributed by atoms with Gasteiger partial charge < -0.3 is 5.32 Å². The largest absolute Gasteiger partial charge is 0.325 e. The number of hydrogen-bond acceptors (Lipinski definition) is 4. The zero-order chi connectivity index (χ0) is 23.0. The minimum atomic E-state index is -0.0979. The Morgan fingerprint density at radius 1 is 0.879 bits per heavy atom. The zero-order valence-electron chi connectivity index (χ0n) is 18.5. The molecule has 3 aromatic rings. The van der Waals surface area contributed by atoms with Crippen molar-refractivity contribution in [1.29, 1.82) is 5.26 Å². The molecule has 0 radical (unpaired) electrons. The van der Waals surface area contributed by atoms with E-state index < -0.39 is 0 Å². The molecule has 1 heterocycles. The van der Waals surface area contributed by atoms with Gasteiger partial charge in [0.15, 0.2) is 5.78 Å². The van der Waals surface area contributed by atoms with E-state index in [1.54, 1.807) is 36.4 Å². The van der Waals surface area contributed by atoms with E-state index >= 15 is 0 Å². The molecule has 1 aliphatic heterocycles. The first-order chi connectivity index (χ1) is 16.1. The molecule has 0 saturated carbocycles. The standard InChI is InChI=1S/C28H27N3O2/c29-19-26(21-7-3-1-4-8-21)22-15-17-31(18-16-22)20-27(32)30-25-13-11-24(12-14-25)28(33)23-9-5-2-6-10-23/h1-14,22,26H,15-18,20H2,(H,30,32). The molecule has 1 fully saturated rings. The van der Waals surface area contributed by atoms with Crippen LogP contribution in [0.1, 0.15) is 40.2 Å². The van der Waals surface area contributed by atoms with Gasteiger partial charge in [-0.1, -0.05) is 60.7 Å². The van der Waals surface area contributed by atoms with Crippen molar-refractivity contribution in [3.8, 4) is 6.07 Å². The normalized spacial score (nSPS) is 15.4. The molecule has 5 nitrogen and oxygen atoms in total. The Morgan fingerprint density at radius 2 is 1.45 bits per heavy atom. The summed E-state index contributed by atoms with van der Waals surface area (Å²) < 4.78 is 0. The van der Waals surface area contributed by atoms with Gasteiger partial charge in [0, 0.05) is 16.8 Å². The minimum absolute atomic E-state index is 0.0393. The van der Waals surface area contributed by atoms with Gasteiger partial charge in [0.25, 0.3) is 0 Å². The van der Waals surface area contributed by atoms with Gasteiger partial charge in [-0.25, -0.2) is 0 Å². The first-order valence-electron chi connectivity index (χ1n) is 11.3. The summed E-state index contributed by atoms with van der Waals surface area (Å²) in [6.07, 6.45) is 1.80. The van der Waals surface area contributed by atoms with Crippen molar-refractivity contribution >= 4 is 17.4 Å². The number of amides is 1. The third kappa shape index (κ3) is 5.74. The van der Waals surface area contributed by atoms with Gasteiger partial charge in [0.1, 0.15) is 0 Å². The quantitative estimate of drug-likeness (QED) is 0.535. The molecule has 1 N–H and O–H groups in total. The van der Waals surface area contributed by atoms with E-state index in [1.807, 2.05) is 48.5 Å². The number of likely N-dealkylation sites (tertiary alicyclic amines) is 1. The number of hydrogen-bond donors (Lipinski definition) is 1. The van der Waals surface area contributed by atoms with Crippen molar-refractivity contribution in [3.05, 3.63) is 102 Å². The highest BCUT2D eigenvalue weighted by molar-refractivity contribution is 6.09. The predicted octanol–water partition coefficient (Wildman–Crippen LogP) is 4.88. The Labute approximate surface area is 194 Å². The highest BCUT2D eigenvalue weighted by atomic mass is 16.2. The molecule has 1 amide bonds. The highest BCUT2D eigenvalue weighted by Gasteiger charge is 2.28. The van der Waals surface area contributed by atoms with Crippen LogP contribution < -0.4 is 5.32 Å². The average Bonchev–Trinajstić information content (AvgIpc) is 2.87. The van der Waals surface area contributed by atoms with Gasteiger partial charge in [-0.3, -0.25) is 14.5 Å². The molecule has 1 saturated heterocycles. The number of nitrogens with one attached hydrogen (secondary N) is 1. The topological polar surface area (TPSA) is 73.2 Å². The third-order valence-corrected chi connectivity index (χ3v) is 6.24. The average molecular weight is 438 g/mol. The minimum Gasteiger partial charge on any atom is -0.325 e. The Kier molecular flexibility index (Phi) is 7.29. The molecule has 0 spiro atoms. The predicted molar refractivity (Wildman–Crippen MR) is 129 cm³/mol. The SMILES string of the molecule is N#CC(c1ccccc1)C1CCN(CC(=O)Nc2ccc(C(=O)c3ccccc3)cc2)CC1. The van der Waals surface area contributed by atoms with Gasteiger partial charge in [-0.05, 0) is 61.7 Å². The summed E-state index contributed by atoms with van der Waals surface area (Å²) >= 11 is 0. The molecule has 166 valence electrons. The lowest BCUT2D eigenvalue weighted by atomic mass is 9.81. The van der Waals surface area contributed by atoms with Crippen LogP contribution in [-0.4, -0.2) is 36.2 Å². The molecule has 0 bridgehead atoms. The zero-order valence-corrected chi connectivity index (χ0v) is 18.5. The molecule has 3 aromatic carbocycles. The van der Waals surface area contributed by atoms with E-state index in [1.165, 1.54) is 0 Å². The van der Waals surface area contributed by atoms with Gasteiger partial charge in [-0.2, -0.15) is 5.26 Å². The van der Waals surface area contributed by atoms with E-state index in [2.05, 4.69) is 16.3 Å². The number of carbonyl (C=O) groups excluding carboxylic acids is 2. The summed E-state index contributed by atoms with van der Waals surface area (Å²) in [6, 6.07) is 28.6. The number of anilines is 1. The lowest BCUT2D eigenvalue weighted by Gasteiger charge is -2.33. The van der Waals surface area contributed by atoms with E-state index in [0.717, 1.165) is 31.5 Å². The summed E-state index contributed by atoms with van der Waals surface area (Å²) in [5, 5.41) is 12.6. The summed E-state index contributed by atoms with van der Waals surface area (Å²) in [7, 11) is 0. The molecule has 0 aromatic heterocycles. The molecule has 33 heavy (non-hydrogen) atoms. The summed E-state index contributed by atoms with van der Waals surface area (Å²) in [5.74, 6) is 0.101. The van der Waals surface area contributed by atoms with Crippen LogP contribution in [0.4, 0.5) is 5.69 Å². The van der Waals surface area contributed by atoms with Gasteiger partial charge >= 0.3 is 0 Å². The lowest BCUT2D eigenvalue weighted by molar-refractivity contribution is -0.117. The van der Waals surface area contributed by atoms with Crippen LogP contribution in [0, 0.1) is 17.2 Å². The lowest BCUT2D eigenvalue weighted by Crippen LogP contribution is -2.40. The van der Waals surface area contributed by atoms with Gasteiger partial charge in [0.2, 0.25) is 5.91 Å². The molecule has 5 heteroatoms. The van der Waals surface area contributed by atoms with E-state index in [0.29, 0.717) is 29.3 Å². The van der Waals surface area contributed by atoms with Crippen molar-refractivity contribution in [2.24, 2.45) is 5.92 Å². The van der Waals surface area contributed by atoms with Crippen LogP contribution in [0.3, 0.4) is 0 Å². The van der Waals surface area contributed by atoms with Crippen molar-refractivity contribution < 1.29 is 9.59 Å². The Hall–Kier alpha value is -3.75. The third-order valence-electron chi connectivity index (χ3n) is 6.24. The summed E-state index contributed by atoms with van der Waals surface area (Å²) in [4.78, 5) is 27.2. The second kappa shape index (κ2) is 10.7. The van der Waals surface area contributed by atoms with E-state index in [9.17, 15) is 14.9 Å². The molecule has 1 unspecified atom stereocenters. The Morgan fingerprint density at radius 3 is 2.06 bits per heavy atom. The number of carbonyl (C=O) groups is 2. The van der Waals surface area contributed by atoms with Gasteiger partial charge in [-0.15, -0.1) is 0 Å². The first kappa shape index (κ1) is 22.4. The molecular weight excluding hydrogens is 410 g/mol. The van der Waals surface area contributed by atoms with Gasteiger partial charge in [0.05, 0.1) is 18.5 Å². The van der Waals surface area contributed by atoms with E-state index in [-0.39, 0.29) is 17.6 Å². The van der Waals surface area contributed by atoms with Crippen molar-refractivity contribution in [2.45, 2.75) is 18.8 Å². The van der Waals surface area contributed by atoms with Crippen molar-refractivity contribution in [1.82, 2.24) is 4.90 Å². The maximum atomic E-state index is 12.5. The maximum absolute atomic E-state index is 12.5. The number of nitrogens with zero attached hydrogens (tertiary/aromatic N) is 2. The number of rotatable bonds is 7. The van der Waals surface area contributed by atoms with Crippen LogP contribution in [0.15, 0.2) is 84.9 Å². The highest BCUT2D eigenvalue weighted by Crippen LogP contribution is 2.32. The summed E-state index contributed by atoms with van der Waals surface area (Å²) in [6.45, 7) is 1.92. The van der Waals surface area contributed by atoms with Crippen LogP contribution in [0.25, 0.3) is 0 Å². The molecule has 4 rings (SSSR count). The summed E-state index contributed by atoms with van der Waals surface area (Å²) in [5.41, 5.74) is 2.98. The van der Waals surface area contributed by atoms with Crippen LogP contribution in [-0.2, 0) is 4.79 Å². The van der Waals surface area contributed by atoms with Crippen molar-refractivity contribution in [2.75, 3.05) is 25.0 Å². The second-order valence-corrected chi connectivity index (χ2v) is 8.45. The number of piperidine rings is 1. The van der Waals surface area contributed by atoms with Crippen molar-refractivity contribution in [3.63, 3.8) is 0 Å². The fourth-order valence-electron chi connectivity index (χ4n) is 4.42. The van der Waals surface area contributed by atoms with E-state index in [4.69, 9.17) is 0 Å². The smallest absolute Gasteiger partial charge is 0.238 e. The Bertz CT molecular complexity index is 1110.